The number of para-hydroxylation sites is 5. The molecule has 0 radical (unpaired) electrons. The van der Waals surface area contributed by atoms with Crippen molar-refractivity contribution in [2.45, 2.75) is 0 Å². The maximum Gasteiger partial charge on any atom is 0.162 e. The highest BCUT2D eigenvalue weighted by atomic mass is 15.1. The van der Waals surface area contributed by atoms with Gasteiger partial charge in [-0.2, -0.15) is 0 Å². The van der Waals surface area contributed by atoms with Crippen LogP contribution in [0.1, 0.15) is 0 Å². The van der Waals surface area contributed by atoms with Gasteiger partial charge < -0.3 is 9.13 Å². The van der Waals surface area contributed by atoms with E-state index < -0.39 is 0 Å². The van der Waals surface area contributed by atoms with Gasteiger partial charge in [-0.1, -0.05) is 140 Å². The molecular weight excluding hydrogens is 695 g/mol. The van der Waals surface area contributed by atoms with E-state index in [0.29, 0.717) is 5.82 Å². The van der Waals surface area contributed by atoms with E-state index in [1.54, 1.807) is 0 Å². The monoisotopic (exact) mass is 727 g/mol. The Bertz CT molecular complexity index is 3460. The number of benzene rings is 8. The lowest BCUT2D eigenvalue weighted by Gasteiger charge is -2.14. The molecule has 8 aromatic carbocycles. The molecule has 0 aliphatic heterocycles. The molecule has 0 amide bonds. The van der Waals surface area contributed by atoms with Gasteiger partial charge in [0, 0.05) is 60.9 Å². The molecule has 0 bridgehead atoms. The van der Waals surface area contributed by atoms with Crippen LogP contribution in [0.3, 0.4) is 0 Å². The highest BCUT2D eigenvalue weighted by molar-refractivity contribution is 6.26. The van der Waals surface area contributed by atoms with Gasteiger partial charge in [0.1, 0.15) is 5.82 Å². The third kappa shape index (κ3) is 4.76. The van der Waals surface area contributed by atoms with Gasteiger partial charge in [-0.15, -0.1) is 0 Å². The van der Waals surface area contributed by atoms with Gasteiger partial charge in [-0.05, 0) is 54.6 Å². The third-order valence-electron chi connectivity index (χ3n) is 11.4. The van der Waals surface area contributed by atoms with Crippen molar-refractivity contribution in [1.29, 1.82) is 0 Å². The third-order valence-corrected chi connectivity index (χ3v) is 11.4. The van der Waals surface area contributed by atoms with Crippen LogP contribution in [-0.2, 0) is 0 Å². The van der Waals surface area contributed by atoms with Crippen LogP contribution < -0.4 is 0 Å². The van der Waals surface area contributed by atoms with Gasteiger partial charge in [-0.25, -0.2) is 9.97 Å². The topological polar surface area (TPSA) is 40.6 Å². The van der Waals surface area contributed by atoms with Gasteiger partial charge in [0.05, 0.1) is 38.8 Å². The fourth-order valence-corrected chi connectivity index (χ4v) is 9.02. The molecule has 0 fully saturated rings. The first-order valence-corrected chi connectivity index (χ1v) is 19.3. The average Bonchev–Trinajstić information content (AvgIpc) is 3.93. The summed E-state index contributed by atoms with van der Waals surface area (Å²) in [5.41, 5.74) is 12.0. The average molecular weight is 728 g/mol. The van der Waals surface area contributed by atoms with Crippen molar-refractivity contribution in [3.8, 4) is 39.8 Å². The Morgan fingerprint density at radius 3 is 1.53 bits per heavy atom. The maximum absolute atomic E-state index is 5.26. The molecule has 266 valence electrons. The summed E-state index contributed by atoms with van der Waals surface area (Å²) in [5, 5.41) is 7.33. The molecule has 0 unspecified atom stereocenters. The second kappa shape index (κ2) is 12.4. The van der Waals surface area contributed by atoms with Crippen molar-refractivity contribution in [1.82, 2.24) is 23.7 Å². The number of rotatable bonds is 5. The largest absolute Gasteiger partial charge is 0.309 e. The number of hydrogen-bond acceptors (Lipinski definition) is 2. The summed E-state index contributed by atoms with van der Waals surface area (Å²) in [6, 6.07) is 71.2. The van der Waals surface area contributed by atoms with E-state index in [0.717, 1.165) is 56.1 Å². The second-order valence-corrected chi connectivity index (χ2v) is 14.6. The summed E-state index contributed by atoms with van der Waals surface area (Å²) in [7, 11) is 0. The van der Waals surface area contributed by atoms with Crippen molar-refractivity contribution in [3.05, 3.63) is 200 Å². The number of fused-ring (bicyclic) bond motifs is 10. The fraction of sp³-hybridized carbons (Fsp3) is 0. The molecule has 4 heterocycles. The van der Waals surface area contributed by atoms with Crippen molar-refractivity contribution < 1.29 is 0 Å². The summed E-state index contributed by atoms with van der Waals surface area (Å²) < 4.78 is 7.12. The summed E-state index contributed by atoms with van der Waals surface area (Å²) in [4.78, 5) is 10.5. The van der Waals surface area contributed by atoms with Crippen LogP contribution in [0.25, 0.3) is 105 Å². The molecule has 0 saturated heterocycles. The van der Waals surface area contributed by atoms with Crippen molar-refractivity contribution in [2.75, 3.05) is 0 Å². The fourth-order valence-electron chi connectivity index (χ4n) is 9.02. The molecule has 0 aliphatic rings. The second-order valence-electron chi connectivity index (χ2n) is 14.6. The normalized spacial score (nSPS) is 11.9. The first-order valence-electron chi connectivity index (χ1n) is 19.3. The Hall–Kier alpha value is -7.76. The minimum atomic E-state index is 0.684. The molecule has 0 atom stereocenters. The van der Waals surface area contributed by atoms with E-state index >= 15 is 0 Å². The lowest BCUT2D eigenvalue weighted by atomic mass is 10.1. The molecule has 4 aromatic heterocycles. The van der Waals surface area contributed by atoms with Crippen molar-refractivity contribution >= 4 is 65.4 Å². The highest BCUT2D eigenvalue weighted by Crippen LogP contribution is 2.42. The summed E-state index contributed by atoms with van der Waals surface area (Å²) in [6.07, 6.45) is 0. The predicted molar refractivity (Wildman–Crippen MR) is 236 cm³/mol. The molecule has 12 aromatic rings. The Morgan fingerprint density at radius 1 is 0.316 bits per heavy atom. The van der Waals surface area contributed by atoms with E-state index in [1.165, 1.54) is 43.4 Å². The van der Waals surface area contributed by atoms with Crippen molar-refractivity contribution in [2.24, 2.45) is 0 Å². The minimum Gasteiger partial charge on any atom is -0.309 e. The van der Waals surface area contributed by atoms with Crippen LogP contribution in [0.4, 0.5) is 0 Å². The van der Waals surface area contributed by atoms with Gasteiger partial charge in [0.15, 0.2) is 5.82 Å². The zero-order valence-corrected chi connectivity index (χ0v) is 30.8. The SMILES string of the molecule is c1ccc(-c2nc(-c3cccc(-n4c5ccccc5c5c4ccc4c6ccccc6n(-c6ccccc6)c45)c3)cc(-n3c4ccccc4c4ccccc43)n2)cc1. The van der Waals surface area contributed by atoms with E-state index in [2.05, 4.69) is 196 Å². The standard InChI is InChI=1S/C52H33N5/c1-3-16-34(17-4-1)52-53-43(33-49(54-52)57-45-27-12-7-22-38(45)39-23-8-13-28-46(39)57)35-18-15-21-37(32-35)55-47-29-14-10-25-42(47)50-48(55)31-30-41-40-24-9-11-26-44(40)56(51(41)50)36-19-5-2-6-20-36/h1-33H. The molecule has 5 nitrogen and oxygen atoms in total. The predicted octanol–water partition coefficient (Wildman–Crippen LogP) is 13.1. The van der Waals surface area contributed by atoms with Crippen LogP contribution in [-0.4, -0.2) is 23.7 Å². The van der Waals surface area contributed by atoms with Crippen LogP contribution >= 0.6 is 0 Å². The number of nitrogens with zero attached hydrogens (tertiary/aromatic N) is 5. The Morgan fingerprint density at radius 2 is 0.842 bits per heavy atom. The zero-order chi connectivity index (χ0) is 37.5. The number of aromatic nitrogens is 5. The van der Waals surface area contributed by atoms with Gasteiger partial charge in [0.25, 0.3) is 0 Å². The lowest BCUT2D eigenvalue weighted by molar-refractivity contribution is 1.05. The maximum atomic E-state index is 5.26. The summed E-state index contributed by atoms with van der Waals surface area (Å²) in [5.74, 6) is 1.51. The van der Waals surface area contributed by atoms with E-state index in [9.17, 15) is 0 Å². The Labute approximate surface area is 328 Å². The first-order chi connectivity index (χ1) is 28.3. The highest BCUT2D eigenvalue weighted by Gasteiger charge is 2.22. The molecule has 57 heavy (non-hydrogen) atoms. The van der Waals surface area contributed by atoms with Gasteiger partial charge in [-0.3, -0.25) is 4.57 Å². The number of hydrogen-bond donors (Lipinski definition) is 0. The first kappa shape index (κ1) is 31.6. The van der Waals surface area contributed by atoms with Crippen LogP contribution in [0.5, 0.6) is 0 Å². The smallest absolute Gasteiger partial charge is 0.162 e. The molecule has 12 rings (SSSR count). The van der Waals surface area contributed by atoms with Gasteiger partial charge in [0.2, 0.25) is 0 Å². The van der Waals surface area contributed by atoms with E-state index in [1.807, 2.05) is 18.2 Å². The van der Waals surface area contributed by atoms with E-state index in [4.69, 9.17) is 9.97 Å². The minimum absolute atomic E-state index is 0.684. The van der Waals surface area contributed by atoms with Gasteiger partial charge >= 0.3 is 0 Å². The summed E-state index contributed by atoms with van der Waals surface area (Å²) >= 11 is 0. The summed E-state index contributed by atoms with van der Waals surface area (Å²) in [6.45, 7) is 0. The van der Waals surface area contributed by atoms with Crippen LogP contribution in [0.15, 0.2) is 200 Å². The molecule has 0 spiro atoms. The molecule has 0 saturated carbocycles. The van der Waals surface area contributed by atoms with E-state index in [-0.39, 0.29) is 0 Å². The van der Waals surface area contributed by atoms with Crippen LogP contribution in [0, 0.1) is 0 Å². The Balaban J connectivity index is 1.11. The molecular formula is C52H33N5. The zero-order valence-electron chi connectivity index (χ0n) is 30.8. The molecule has 5 heteroatoms. The van der Waals surface area contributed by atoms with Crippen molar-refractivity contribution in [3.63, 3.8) is 0 Å². The Kier molecular flexibility index (Phi) is 6.86. The van der Waals surface area contributed by atoms with Crippen LogP contribution in [0.2, 0.25) is 0 Å². The molecule has 0 N–H and O–H groups in total. The lowest BCUT2D eigenvalue weighted by Crippen LogP contribution is -2.02. The molecule has 0 aliphatic carbocycles. The quantitative estimate of drug-likeness (QED) is 0.177.